The van der Waals surface area contributed by atoms with Crippen molar-refractivity contribution in [1.82, 2.24) is 10.1 Å². The second-order valence-electron chi connectivity index (χ2n) is 5.67. The largest absolute Gasteiger partial charge is 0.342 e. The van der Waals surface area contributed by atoms with Crippen LogP contribution >= 0.6 is 0 Å². The van der Waals surface area contributed by atoms with E-state index in [0.29, 0.717) is 11.5 Å². The van der Waals surface area contributed by atoms with Gasteiger partial charge in [-0.25, -0.2) is 0 Å². The molecule has 20 heavy (non-hydrogen) atoms. The SMILES string of the molecule is CC(C)(C)[C@H](N)C(=O)Nc1ccc(-c2ncon2)cc1. The Kier molecular flexibility index (Phi) is 3.85. The number of benzene rings is 1. The van der Waals surface area contributed by atoms with E-state index in [0.717, 1.165) is 5.56 Å². The van der Waals surface area contributed by atoms with Crippen LogP contribution in [0.1, 0.15) is 20.8 Å². The zero-order chi connectivity index (χ0) is 14.8. The molecule has 0 saturated heterocycles. The molecule has 106 valence electrons. The Bertz CT molecular complexity index is 570. The van der Waals surface area contributed by atoms with Gasteiger partial charge in [-0.1, -0.05) is 25.9 Å². The first-order valence-corrected chi connectivity index (χ1v) is 6.31. The van der Waals surface area contributed by atoms with Gasteiger partial charge in [0.15, 0.2) is 0 Å². The Labute approximate surface area is 117 Å². The summed E-state index contributed by atoms with van der Waals surface area (Å²) in [6.45, 7) is 5.78. The van der Waals surface area contributed by atoms with Crippen LogP contribution < -0.4 is 11.1 Å². The number of hydrogen-bond acceptors (Lipinski definition) is 5. The lowest BCUT2D eigenvalue weighted by molar-refractivity contribution is -0.119. The molecule has 0 spiro atoms. The predicted octanol–water partition coefficient (Wildman–Crippen LogP) is 2.05. The fourth-order valence-corrected chi connectivity index (χ4v) is 1.61. The highest BCUT2D eigenvalue weighted by atomic mass is 16.5. The maximum Gasteiger partial charge on any atom is 0.241 e. The first kappa shape index (κ1) is 14.2. The average Bonchev–Trinajstić information content (AvgIpc) is 2.91. The molecule has 0 aliphatic heterocycles. The highest BCUT2D eigenvalue weighted by Gasteiger charge is 2.27. The number of aromatic nitrogens is 2. The first-order valence-electron chi connectivity index (χ1n) is 6.31. The number of carbonyl (C=O) groups excluding carboxylic acids is 1. The molecular formula is C14H18N4O2. The van der Waals surface area contributed by atoms with Crippen molar-refractivity contribution in [3.63, 3.8) is 0 Å². The third kappa shape index (κ3) is 3.21. The normalized spacial score (nSPS) is 13.0. The first-order chi connectivity index (χ1) is 9.38. The molecule has 3 N–H and O–H groups in total. The molecule has 1 aromatic heterocycles. The molecule has 2 rings (SSSR count). The standard InChI is InChI=1S/C14H18N4O2/c1-14(2,3)11(15)13(19)17-10-6-4-9(5-7-10)12-16-8-20-18-12/h4-8,11H,15H2,1-3H3,(H,17,19)/t11-/m1/s1. The number of amides is 1. The summed E-state index contributed by atoms with van der Waals surface area (Å²) < 4.78 is 4.69. The molecule has 1 heterocycles. The van der Waals surface area contributed by atoms with Gasteiger partial charge in [0.25, 0.3) is 0 Å². The van der Waals surface area contributed by atoms with Crippen LogP contribution in [0, 0.1) is 5.41 Å². The van der Waals surface area contributed by atoms with Crippen molar-refractivity contribution >= 4 is 11.6 Å². The third-order valence-corrected chi connectivity index (χ3v) is 2.99. The van der Waals surface area contributed by atoms with Gasteiger partial charge in [0.05, 0.1) is 6.04 Å². The van der Waals surface area contributed by atoms with Crippen LogP contribution in [0.5, 0.6) is 0 Å². The zero-order valence-electron chi connectivity index (χ0n) is 11.8. The topological polar surface area (TPSA) is 94.0 Å². The molecule has 0 radical (unpaired) electrons. The van der Waals surface area contributed by atoms with Crippen LogP contribution in [-0.2, 0) is 4.79 Å². The fraction of sp³-hybridized carbons (Fsp3) is 0.357. The number of rotatable bonds is 3. The van der Waals surface area contributed by atoms with E-state index in [9.17, 15) is 4.79 Å². The number of nitrogens with two attached hydrogens (primary N) is 1. The van der Waals surface area contributed by atoms with E-state index in [2.05, 4.69) is 20.0 Å². The number of hydrogen-bond donors (Lipinski definition) is 2. The molecule has 0 bridgehead atoms. The summed E-state index contributed by atoms with van der Waals surface area (Å²) in [4.78, 5) is 15.9. The lowest BCUT2D eigenvalue weighted by Crippen LogP contribution is -2.45. The lowest BCUT2D eigenvalue weighted by Gasteiger charge is -2.25. The van der Waals surface area contributed by atoms with E-state index in [-0.39, 0.29) is 11.3 Å². The predicted molar refractivity (Wildman–Crippen MR) is 75.8 cm³/mol. The van der Waals surface area contributed by atoms with Crippen molar-refractivity contribution in [3.05, 3.63) is 30.7 Å². The van der Waals surface area contributed by atoms with Gasteiger partial charge in [-0.2, -0.15) is 4.98 Å². The zero-order valence-corrected chi connectivity index (χ0v) is 11.8. The van der Waals surface area contributed by atoms with Gasteiger partial charge in [-0.3, -0.25) is 4.79 Å². The molecule has 6 heteroatoms. The molecule has 0 aliphatic carbocycles. The van der Waals surface area contributed by atoms with E-state index in [4.69, 9.17) is 5.73 Å². The lowest BCUT2D eigenvalue weighted by atomic mass is 9.87. The van der Waals surface area contributed by atoms with E-state index in [1.54, 1.807) is 12.1 Å². The fourth-order valence-electron chi connectivity index (χ4n) is 1.61. The number of nitrogens with zero attached hydrogens (tertiary/aromatic N) is 2. The van der Waals surface area contributed by atoms with Crippen LogP contribution in [0.2, 0.25) is 0 Å². The molecule has 1 atom stereocenters. The van der Waals surface area contributed by atoms with Gasteiger partial charge in [0.2, 0.25) is 18.1 Å². The molecule has 1 amide bonds. The van der Waals surface area contributed by atoms with Gasteiger partial charge in [-0.15, -0.1) is 0 Å². The Morgan fingerprint density at radius 2 is 1.95 bits per heavy atom. The van der Waals surface area contributed by atoms with Gasteiger partial charge in [-0.05, 0) is 29.7 Å². The van der Waals surface area contributed by atoms with Crippen LogP contribution in [0.4, 0.5) is 5.69 Å². The second-order valence-corrected chi connectivity index (χ2v) is 5.67. The van der Waals surface area contributed by atoms with Crippen LogP contribution in [-0.4, -0.2) is 22.1 Å². The number of nitrogens with one attached hydrogen (secondary N) is 1. The minimum absolute atomic E-state index is 0.204. The summed E-state index contributed by atoms with van der Waals surface area (Å²) in [7, 11) is 0. The molecule has 0 fully saturated rings. The molecule has 6 nitrogen and oxygen atoms in total. The van der Waals surface area contributed by atoms with E-state index in [1.807, 2.05) is 32.9 Å². The number of anilines is 1. The highest BCUT2D eigenvalue weighted by Crippen LogP contribution is 2.20. The molecule has 0 aliphatic rings. The molecular weight excluding hydrogens is 256 g/mol. The maximum atomic E-state index is 12.0. The molecule has 1 aromatic carbocycles. The molecule has 0 unspecified atom stereocenters. The van der Waals surface area contributed by atoms with Crippen molar-refractivity contribution in [1.29, 1.82) is 0 Å². The molecule has 0 saturated carbocycles. The summed E-state index contributed by atoms with van der Waals surface area (Å²) in [5.74, 6) is 0.305. The monoisotopic (exact) mass is 274 g/mol. The van der Waals surface area contributed by atoms with Gasteiger partial charge < -0.3 is 15.6 Å². The summed E-state index contributed by atoms with van der Waals surface area (Å²) in [5, 5.41) is 6.54. The smallest absolute Gasteiger partial charge is 0.241 e. The van der Waals surface area contributed by atoms with E-state index in [1.165, 1.54) is 6.39 Å². The van der Waals surface area contributed by atoms with E-state index >= 15 is 0 Å². The van der Waals surface area contributed by atoms with Gasteiger partial charge in [0, 0.05) is 11.3 Å². The van der Waals surface area contributed by atoms with Crippen LogP contribution in [0.25, 0.3) is 11.4 Å². The second kappa shape index (κ2) is 5.42. The Balaban J connectivity index is 2.06. The van der Waals surface area contributed by atoms with Crippen LogP contribution in [0.3, 0.4) is 0 Å². The average molecular weight is 274 g/mol. The maximum absolute atomic E-state index is 12.0. The minimum atomic E-state index is -0.570. The van der Waals surface area contributed by atoms with Crippen molar-refractivity contribution in [2.45, 2.75) is 26.8 Å². The van der Waals surface area contributed by atoms with Crippen molar-refractivity contribution in [2.75, 3.05) is 5.32 Å². The van der Waals surface area contributed by atoms with Crippen LogP contribution in [0.15, 0.2) is 35.2 Å². The van der Waals surface area contributed by atoms with Crippen molar-refractivity contribution < 1.29 is 9.32 Å². The Morgan fingerprint density at radius 1 is 1.30 bits per heavy atom. The molecule has 2 aromatic rings. The third-order valence-electron chi connectivity index (χ3n) is 2.99. The summed E-state index contributed by atoms with van der Waals surface area (Å²) in [6, 6.07) is 6.60. The van der Waals surface area contributed by atoms with Gasteiger partial charge in [0.1, 0.15) is 0 Å². The van der Waals surface area contributed by atoms with E-state index < -0.39 is 6.04 Å². The minimum Gasteiger partial charge on any atom is -0.342 e. The quantitative estimate of drug-likeness (QED) is 0.893. The van der Waals surface area contributed by atoms with Crippen molar-refractivity contribution in [3.8, 4) is 11.4 Å². The Hall–Kier alpha value is -2.21. The Morgan fingerprint density at radius 3 is 2.45 bits per heavy atom. The van der Waals surface area contributed by atoms with Crippen molar-refractivity contribution in [2.24, 2.45) is 11.1 Å². The van der Waals surface area contributed by atoms with Gasteiger partial charge >= 0.3 is 0 Å². The highest BCUT2D eigenvalue weighted by molar-refractivity contribution is 5.95. The summed E-state index contributed by atoms with van der Waals surface area (Å²) in [6.07, 6.45) is 1.27. The summed E-state index contributed by atoms with van der Waals surface area (Å²) in [5.41, 5.74) is 7.12. The summed E-state index contributed by atoms with van der Waals surface area (Å²) >= 11 is 0. The number of carbonyl (C=O) groups is 1.